The number of fused-ring (bicyclic) bond motifs is 4. The lowest BCUT2D eigenvalue weighted by Crippen LogP contribution is -2.52. The second kappa shape index (κ2) is 3.24. The Hall–Kier alpha value is -1.02. The van der Waals surface area contributed by atoms with Gasteiger partial charge < -0.3 is 4.90 Å². The average Bonchev–Trinajstić information content (AvgIpc) is 2.28. The van der Waals surface area contributed by atoms with Crippen LogP contribution in [0.5, 0.6) is 0 Å². The van der Waals surface area contributed by atoms with Crippen molar-refractivity contribution in [2.75, 3.05) is 25.5 Å². The number of nitrogens with zero attached hydrogens (tertiary/aromatic N) is 2. The monoisotopic (exact) mass is 202 g/mol. The standard InChI is InChI=1S/C13H18N2/c1-14-8-7-10-9-13(14)15(2)12-6-4-3-5-11(10)12/h3-6,10,13H,7-9H2,1-2H3. The van der Waals surface area contributed by atoms with Crippen molar-refractivity contribution in [3.63, 3.8) is 0 Å². The molecule has 2 unspecified atom stereocenters. The van der Waals surface area contributed by atoms with Crippen LogP contribution in [-0.2, 0) is 0 Å². The quantitative estimate of drug-likeness (QED) is 0.637. The third-order valence-corrected chi connectivity index (χ3v) is 4.04. The minimum Gasteiger partial charge on any atom is -0.359 e. The van der Waals surface area contributed by atoms with Gasteiger partial charge in [0.05, 0.1) is 6.17 Å². The van der Waals surface area contributed by atoms with Crippen LogP contribution in [0.3, 0.4) is 0 Å². The van der Waals surface area contributed by atoms with Gasteiger partial charge in [-0.15, -0.1) is 0 Å². The van der Waals surface area contributed by atoms with Gasteiger partial charge in [0.25, 0.3) is 0 Å². The van der Waals surface area contributed by atoms with Gasteiger partial charge in [-0.2, -0.15) is 0 Å². The average molecular weight is 202 g/mol. The summed E-state index contributed by atoms with van der Waals surface area (Å²) >= 11 is 0. The zero-order valence-electron chi connectivity index (χ0n) is 9.48. The minimum absolute atomic E-state index is 0.610. The van der Waals surface area contributed by atoms with E-state index in [1.165, 1.54) is 25.1 Å². The number of benzene rings is 1. The van der Waals surface area contributed by atoms with E-state index in [4.69, 9.17) is 0 Å². The lowest BCUT2D eigenvalue weighted by Gasteiger charge is -2.48. The molecular formula is C13H18N2. The number of rotatable bonds is 0. The molecule has 2 heterocycles. The lowest BCUT2D eigenvalue weighted by molar-refractivity contribution is 0.159. The van der Waals surface area contributed by atoms with Crippen molar-refractivity contribution in [1.29, 1.82) is 0 Å². The lowest BCUT2D eigenvalue weighted by atomic mass is 9.83. The molecule has 1 aromatic rings. The van der Waals surface area contributed by atoms with E-state index in [2.05, 4.69) is 48.2 Å². The Kier molecular flexibility index (Phi) is 1.99. The van der Waals surface area contributed by atoms with Crippen LogP contribution >= 0.6 is 0 Å². The largest absolute Gasteiger partial charge is 0.359 e. The highest BCUT2D eigenvalue weighted by atomic mass is 15.3. The highest BCUT2D eigenvalue weighted by molar-refractivity contribution is 5.57. The molecule has 2 nitrogen and oxygen atoms in total. The molecule has 1 fully saturated rings. The minimum atomic E-state index is 0.610. The number of likely N-dealkylation sites (tertiary alicyclic amines) is 1. The van der Waals surface area contributed by atoms with Crippen LogP contribution in [0, 0.1) is 0 Å². The molecule has 2 aliphatic rings. The van der Waals surface area contributed by atoms with Crippen molar-refractivity contribution >= 4 is 5.69 Å². The topological polar surface area (TPSA) is 6.48 Å². The molecule has 0 saturated carbocycles. The number of hydrogen-bond donors (Lipinski definition) is 0. The van der Waals surface area contributed by atoms with E-state index in [1.54, 1.807) is 5.56 Å². The summed E-state index contributed by atoms with van der Waals surface area (Å²) in [5, 5.41) is 0. The van der Waals surface area contributed by atoms with Gasteiger partial charge in [-0.1, -0.05) is 18.2 Å². The van der Waals surface area contributed by atoms with E-state index in [0.29, 0.717) is 6.17 Å². The van der Waals surface area contributed by atoms with Crippen molar-refractivity contribution in [2.45, 2.75) is 24.9 Å². The summed E-state index contributed by atoms with van der Waals surface area (Å²) in [5.41, 5.74) is 3.00. The molecule has 15 heavy (non-hydrogen) atoms. The van der Waals surface area contributed by atoms with Crippen LogP contribution in [0.25, 0.3) is 0 Å². The summed E-state index contributed by atoms with van der Waals surface area (Å²) in [5.74, 6) is 0.790. The van der Waals surface area contributed by atoms with E-state index in [-0.39, 0.29) is 0 Å². The van der Waals surface area contributed by atoms with Gasteiger partial charge >= 0.3 is 0 Å². The summed E-state index contributed by atoms with van der Waals surface area (Å²) < 4.78 is 0. The first kappa shape index (κ1) is 9.22. The Bertz CT molecular complexity index is 375. The fraction of sp³-hybridized carbons (Fsp3) is 0.538. The predicted molar refractivity (Wildman–Crippen MR) is 63.2 cm³/mol. The van der Waals surface area contributed by atoms with E-state index in [0.717, 1.165) is 5.92 Å². The molecule has 2 aliphatic heterocycles. The molecule has 80 valence electrons. The predicted octanol–water partition coefficient (Wildman–Crippen LogP) is 2.27. The second-order valence-corrected chi connectivity index (χ2v) is 4.85. The highest BCUT2D eigenvalue weighted by Crippen LogP contribution is 2.42. The van der Waals surface area contributed by atoms with Crippen LogP contribution < -0.4 is 4.90 Å². The maximum Gasteiger partial charge on any atom is 0.0820 e. The third-order valence-electron chi connectivity index (χ3n) is 4.04. The Labute approximate surface area is 91.5 Å². The molecule has 0 aromatic heterocycles. The van der Waals surface area contributed by atoms with E-state index in [9.17, 15) is 0 Å². The Morgan fingerprint density at radius 1 is 1.20 bits per heavy atom. The molecular weight excluding hydrogens is 184 g/mol. The van der Waals surface area contributed by atoms with Crippen molar-refractivity contribution in [1.82, 2.24) is 4.90 Å². The van der Waals surface area contributed by atoms with Crippen LogP contribution in [-0.4, -0.2) is 31.7 Å². The normalized spacial score (nSPS) is 30.1. The first-order valence-electron chi connectivity index (χ1n) is 5.79. The summed E-state index contributed by atoms with van der Waals surface area (Å²) in [6.45, 7) is 1.23. The summed E-state index contributed by atoms with van der Waals surface area (Å²) in [4.78, 5) is 4.91. The van der Waals surface area contributed by atoms with Gasteiger partial charge in [-0.3, -0.25) is 4.90 Å². The van der Waals surface area contributed by atoms with Gasteiger partial charge in [-0.25, -0.2) is 0 Å². The fourth-order valence-corrected chi connectivity index (χ4v) is 3.11. The molecule has 2 atom stereocenters. The Balaban J connectivity index is 2.08. The van der Waals surface area contributed by atoms with Gasteiger partial charge in [-0.05, 0) is 37.4 Å². The summed E-state index contributed by atoms with van der Waals surface area (Å²) in [7, 11) is 4.47. The summed E-state index contributed by atoms with van der Waals surface area (Å²) in [6, 6.07) is 8.88. The summed E-state index contributed by atoms with van der Waals surface area (Å²) in [6.07, 6.45) is 3.22. The van der Waals surface area contributed by atoms with E-state index in [1.807, 2.05) is 0 Å². The molecule has 0 radical (unpaired) electrons. The SMILES string of the molecule is CN1CCC2CC1N(C)c1ccccc12. The number of hydrogen-bond acceptors (Lipinski definition) is 2. The first-order chi connectivity index (χ1) is 7.27. The zero-order chi connectivity index (χ0) is 10.4. The van der Waals surface area contributed by atoms with Crippen LogP contribution in [0.1, 0.15) is 24.3 Å². The zero-order valence-corrected chi connectivity index (χ0v) is 9.48. The van der Waals surface area contributed by atoms with Crippen LogP contribution in [0.4, 0.5) is 5.69 Å². The second-order valence-electron chi connectivity index (χ2n) is 4.85. The fourth-order valence-electron chi connectivity index (χ4n) is 3.11. The van der Waals surface area contributed by atoms with Gasteiger partial charge in [0.15, 0.2) is 0 Å². The molecule has 2 bridgehead atoms. The van der Waals surface area contributed by atoms with Crippen molar-refractivity contribution in [3.8, 4) is 0 Å². The molecule has 0 N–H and O–H groups in total. The molecule has 1 saturated heterocycles. The smallest absolute Gasteiger partial charge is 0.0820 e. The molecule has 1 aromatic carbocycles. The third kappa shape index (κ3) is 1.28. The molecule has 3 rings (SSSR count). The van der Waals surface area contributed by atoms with Gasteiger partial charge in [0.2, 0.25) is 0 Å². The van der Waals surface area contributed by atoms with Crippen LogP contribution in [0.2, 0.25) is 0 Å². The van der Waals surface area contributed by atoms with Crippen molar-refractivity contribution in [3.05, 3.63) is 29.8 Å². The number of piperidine rings is 1. The number of anilines is 1. The molecule has 2 heteroatoms. The maximum atomic E-state index is 2.48. The molecule has 0 amide bonds. The van der Waals surface area contributed by atoms with Gasteiger partial charge in [0, 0.05) is 19.3 Å². The van der Waals surface area contributed by atoms with Crippen molar-refractivity contribution in [2.24, 2.45) is 0 Å². The first-order valence-corrected chi connectivity index (χ1v) is 5.79. The maximum absolute atomic E-state index is 2.48. The molecule has 0 spiro atoms. The van der Waals surface area contributed by atoms with Crippen molar-refractivity contribution < 1.29 is 0 Å². The van der Waals surface area contributed by atoms with Crippen LogP contribution in [0.15, 0.2) is 24.3 Å². The van der Waals surface area contributed by atoms with E-state index < -0.39 is 0 Å². The highest BCUT2D eigenvalue weighted by Gasteiger charge is 2.35. The van der Waals surface area contributed by atoms with E-state index >= 15 is 0 Å². The Morgan fingerprint density at radius 2 is 2.00 bits per heavy atom. The molecule has 0 aliphatic carbocycles. The number of para-hydroxylation sites is 1. The Morgan fingerprint density at radius 3 is 2.87 bits per heavy atom. The van der Waals surface area contributed by atoms with Gasteiger partial charge in [0.1, 0.15) is 0 Å².